The van der Waals surface area contributed by atoms with E-state index >= 15 is 0 Å². The lowest BCUT2D eigenvalue weighted by Crippen LogP contribution is -2.35. The maximum Gasteiger partial charge on any atom is 0.335 e. The van der Waals surface area contributed by atoms with E-state index in [4.69, 9.17) is 32.7 Å². The van der Waals surface area contributed by atoms with Gasteiger partial charge in [-0.05, 0) is 18.2 Å². The highest BCUT2D eigenvalue weighted by Gasteiger charge is 2.22. The van der Waals surface area contributed by atoms with Crippen molar-refractivity contribution < 1.29 is 22.7 Å². The number of nitrogens with zero attached hydrogens (tertiary/aromatic N) is 2. The first-order valence-corrected chi connectivity index (χ1v) is 8.75. The summed E-state index contributed by atoms with van der Waals surface area (Å²) in [5, 5.41) is 2.21. The number of halogens is 2. The fraction of sp³-hybridized carbons (Fsp3) is 0.154. The number of carbonyl (C=O) groups excluding carboxylic acids is 1. The Hall–Kier alpha value is -2.30. The molecule has 0 atom stereocenters. The number of hydrogen-bond donors (Lipinski definition) is 2. The summed E-state index contributed by atoms with van der Waals surface area (Å²) in [6.45, 7) is 0. The maximum atomic E-state index is 12.2. The Balaban J connectivity index is 2.21. The lowest BCUT2D eigenvalue weighted by Gasteiger charge is -2.10. The van der Waals surface area contributed by atoms with Gasteiger partial charge < -0.3 is 9.47 Å². The molecule has 1 aromatic carbocycles. The second-order valence-corrected chi connectivity index (χ2v) is 6.91. The average molecular weight is 407 g/mol. The Kier molecular flexibility index (Phi) is 5.88. The smallest absolute Gasteiger partial charge is 0.335 e. The highest BCUT2D eigenvalue weighted by molar-refractivity contribution is 7.90. The van der Waals surface area contributed by atoms with Crippen molar-refractivity contribution in [1.29, 1.82) is 0 Å². The number of sulfonamides is 1. The van der Waals surface area contributed by atoms with Gasteiger partial charge in [0, 0.05) is 5.02 Å². The fourth-order valence-corrected chi connectivity index (χ4v) is 3.33. The number of amides is 2. The number of anilines is 1. The van der Waals surface area contributed by atoms with Crippen LogP contribution in [0.3, 0.4) is 0 Å². The molecule has 1 heterocycles. The molecule has 0 saturated heterocycles. The molecule has 1 aromatic heterocycles. The predicted molar refractivity (Wildman–Crippen MR) is 90.9 cm³/mol. The van der Waals surface area contributed by atoms with Gasteiger partial charge in [0.15, 0.2) is 0 Å². The average Bonchev–Trinajstić information content (AvgIpc) is 2.55. The number of urea groups is 1. The zero-order chi connectivity index (χ0) is 18.6. The predicted octanol–water partition coefficient (Wildman–Crippen LogP) is 2.31. The Bertz CT molecular complexity index is 885. The number of ether oxygens (including phenoxy) is 2. The summed E-state index contributed by atoms with van der Waals surface area (Å²) in [7, 11) is -1.54. The van der Waals surface area contributed by atoms with Crippen LogP contribution < -0.4 is 19.5 Å². The van der Waals surface area contributed by atoms with E-state index < -0.39 is 16.1 Å². The molecule has 2 N–H and O–H groups in total. The number of carbonyl (C=O) groups is 1. The molecule has 0 unspecified atom stereocenters. The standard InChI is InChI=1S/C13H12Cl2N4O5S/c1-23-10-6-11(24-2)17-12(16-10)18-13(20)19-25(21,22)9-5-7(14)3-4-8(9)15/h3-6H,1-2H3,(H2,16,17,18,19,20). The SMILES string of the molecule is COc1cc(OC)nc(NC(=O)NS(=O)(=O)c2cc(Cl)ccc2Cl)n1. The van der Waals surface area contributed by atoms with Crippen molar-refractivity contribution in [1.82, 2.24) is 14.7 Å². The van der Waals surface area contributed by atoms with Crippen molar-refractivity contribution in [3.63, 3.8) is 0 Å². The van der Waals surface area contributed by atoms with Crippen LogP contribution in [-0.4, -0.2) is 38.6 Å². The van der Waals surface area contributed by atoms with Crippen molar-refractivity contribution >= 4 is 45.2 Å². The van der Waals surface area contributed by atoms with Gasteiger partial charge in [-0.25, -0.2) is 17.9 Å². The summed E-state index contributed by atoms with van der Waals surface area (Å²) in [5.41, 5.74) is 0. The molecule has 2 aromatic rings. The molecular formula is C13H12Cl2N4O5S. The maximum absolute atomic E-state index is 12.2. The van der Waals surface area contributed by atoms with E-state index in [1.54, 1.807) is 4.72 Å². The van der Waals surface area contributed by atoms with Crippen LogP contribution in [-0.2, 0) is 10.0 Å². The number of hydrogen-bond acceptors (Lipinski definition) is 7. The number of benzene rings is 1. The van der Waals surface area contributed by atoms with E-state index in [1.807, 2.05) is 0 Å². The van der Waals surface area contributed by atoms with Gasteiger partial charge in [-0.15, -0.1) is 0 Å². The number of nitrogens with one attached hydrogen (secondary N) is 2. The first-order valence-electron chi connectivity index (χ1n) is 6.51. The third-order valence-corrected chi connectivity index (χ3v) is 4.78. The third kappa shape index (κ3) is 4.84. The summed E-state index contributed by atoms with van der Waals surface area (Å²) in [4.78, 5) is 19.3. The largest absolute Gasteiger partial charge is 0.481 e. The van der Waals surface area contributed by atoms with Gasteiger partial charge in [-0.3, -0.25) is 5.32 Å². The zero-order valence-electron chi connectivity index (χ0n) is 12.9. The van der Waals surface area contributed by atoms with E-state index in [9.17, 15) is 13.2 Å². The number of methoxy groups -OCH3 is 2. The van der Waals surface area contributed by atoms with E-state index in [2.05, 4.69) is 15.3 Å². The molecule has 2 rings (SSSR count). The molecule has 2 amide bonds. The Labute approximate surface area is 153 Å². The number of aromatic nitrogens is 2. The molecule has 0 fully saturated rings. The van der Waals surface area contributed by atoms with Gasteiger partial charge in [0.2, 0.25) is 17.7 Å². The topological polar surface area (TPSA) is 120 Å². The van der Waals surface area contributed by atoms with Gasteiger partial charge in [0.05, 0.1) is 25.3 Å². The van der Waals surface area contributed by atoms with Crippen LogP contribution in [0.15, 0.2) is 29.2 Å². The molecule has 0 spiro atoms. The molecule has 134 valence electrons. The highest BCUT2D eigenvalue weighted by atomic mass is 35.5. The molecule has 0 aliphatic carbocycles. The summed E-state index contributed by atoms with van der Waals surface area (Å²) < 4.78 is 36.1. The van der Waals surface area contributed by atoms with Crippen LogP contribution in [0.2, 0.25) is 10.0 Å². The summed E-state index contributed by atoms with van der Waals surface area (Å²) in [5.74, 6) is 0.00637. The van der Waals surface area contributed by atoms with E-state index in [0.29, 0.717) is 0 Å². The van der Waals surface area contributed by atoms with Crippen molar-refractivity contribution in [2.45, 2.75) is 4.90 Å². The normalized spacial score (nSPS) is 10.9. The molecule has 0 aliphatic rings. The van der Waals surface area contributed by atoms with E-state index in [-0.39, 0.29) is 32.6 Å². The Morgan fingerprint density at radius 2 is 1.68 bits per heavy atom. The molecule has 25 heavy (non-hydrogen) atoms. The minimum atomic E-state index is -4.26. The van der Waals surface area contributed by atoms with Gasteiger partial charge in [0.25, 0.3) is 10.0 Å². The van der Waals surface area contributed by atoms with Crippen LogP contribution in [0, 0.1) is 0 Å². The molecular weight excluding hydrogens is 395 g/mol. The molecule has 12 heteroatoms. The number of rotatable bonds is 5. The minimum absolute atomic E-state index is 0.0935. The first-order chi connectivity index (χ1) is 11.7. The van der Waals surface area contributed by atoms with Crippen LogP contribution >= 0.6 is 23.2 Å². The van der Waals surface area contributed by atoms with Gasteiger partial charge in [0.1, 0.15) is 4.90 Å². The molecule has 0 radical (unpaired) electrons. The van der Waals surface area contributed by atoms with Gasteiger partial charge in [-0.2, -0.15) is 9.97 Å². The van der Waals surface area contributed by atoms with Crippen molar-refractivity contribution in [3.8, 4) is 11.8 Å². The fourth-order valence-electron chi connectivity index (χ4n) is 1.66. The Morgan fingerprint density at radius 3 is 2.24 bits per heavy atom. The quantitative estimate of drug-likeness (QED) is 0.781. The van der Waals surface area contributed by atoms with Crippen molar-refractivity contribution in [3.05, 3.63) is 34.3 Å². The summed E-state index contributed by atoms with van der Waals surface area (Å²) in [6, 6.07) is 4.10. The molecule has 0 bridgehead atoms. The second kappa shape index (κ2) is 7.72. The van der Waals surface area contributed by atoms with Crippen LogP contribution in [0.1, 0.15) is 0 Å². The lowest BCUT2D eigenvalue weighted by atomic mass is 10.4. The van der Waals surface area contributed by atoms with Gasteiger partial charge in [-0.1, -0.05) is 23.2 Å². The molecule has 9 nitrogen and oxygen atoms in total. The summed E-state index contributed by atoms with van der Waals surface area (Å²) >= 11 is 11.6. The highest BCUT2D eigenvalue weighted by Crippen LogP contribution is 2.25. The zero-order valence-corrected chi connectivity index (χ0v) is 15.2. The third-order valence-electron chi connectivity index (χ3n) is 2.73. The molecule has 0 aliphatic heterocycles. The first kappa shape index (κ1) is 19.0. The van der Waals surface area contributed by atoms with Crippen molar-refractivity contribution in [2.75, 3.05) is 19.5 Å². The van der Waals surface area contributed by atoms with Crippen LogP contribution in [0.5, 0.6) is 11.8 Å². The van der Waals surface area contributed by atoms with Gasteiger partial charge >= 0.3 is 6.03 Å². The van der Waals surface area contributed by atoms with E-state index in [0.717, 1.165) is 6.07 Å². The van der Waals surface area contributed by atoms with Crippen molar-refractivity contribution in [2.24, 2.45) is 0 Å². The minimum Gasteiger partial charge on any atom is -0.481 e. The van der Waals surface area contributed by atoms with Crippen LogP contribution in [0.4, 0.5) is 10.7 Å². The monoisotopic (exact) mass is 406 g/mol. The Morgan fingerprint density at radius 1 is 1.08 bits per heavy atom. The molecule has 0 saturated carbocycles. The van der Waals surface area contributed by atoms with E-state index in [1.165, 1.54) is 32.4 Å². The summed E-state index contributed by atoms with van der Waals surface area (Å²) in [6.07, 6.45) is 0. The lowest BCUT2D eigenvalue weighted by molar-refractivity contribution is 0.256. The second-order valence-electron chi connectivity index (χ2n) is 4.41. The van der Waals surface area contributed by atoms with Crippen LogP contribution in [0.25, 0.3) is 0 Å².